The molecule has 1 atom stereocenters. The number of anilines is 1. The molecule has 20 heteroatoms. The molecule has 2 aromatic heterocycles. The predicted molar refractivity (Wildman–Crippen MR) is 194 cm³/mol. The molecule has 15 nitrogen and oxygen atoms in total. The summed E-state index contributed by atoms with van der Waals surface area (Å²) in [6.45, 7) is 6.09. The van der Waals surface area contributed by atoms with Crippen molar-refractivity contribution in [1.29, 1.82) is 0 Å². The van der Waals surface area contributed by atoms with Crippen LogP contribution in [0.4, 0.5) is 14.7 Å². The lowest BCUT2D eigenvalue weighted by atomic mass is 10.0. The van der Waals surface area contributed by atoms with Crippen LogP contribution in [-0.2, 0) is 30.3 Å². The number of imidazole rings is 2. The van der Waals surface area contributed by atoms with Crippen LogP contribution in [0.1, 0.15) is 33.6 Å². The van der Waals surface area contributed by atoms with E-state index in [1.807, 2.05) is 4.90 Å². The maximum absolute atomic E-state index is 15.9. The van der Waals surface area contributed by atoms with Gasteiger partial charge in [0.25, 0.3) is 0 Å². The molecule has 0 amide bonds. The van der Waals surface area contributed by atoms with E-state index in [9.17, 15) is 25.3 Å². The number of fused-ring (bicyclic) bond motifs is 1. The van der Waals surface area contributed by atoms with E-state index in [-0.39, 0.29) is 34.0 Å². The summed E-state index contributed by atoms with van der Waals surface area (Å²) in [4.78, 5) is 13.4. The first-order valence-electron chi connectivity index (χ1n) is 16.2. The molecule has 53 heavy (non-hydrogen) atoms. The number of ether oxygens (including phenoxy) is 1. The van der Waals surface area contributed by atoms with E-state index in [2.05, 4.69) is 15.0 Å². The summed E-state index contributed by atoms with van der Waals surface area (Å²) in [6, 6.07) is 11.3. The fourth-order valence-electron chi connectivity index (χ4n) is 6.00. The topological polar surface area (TPSA) is 206 Å². The van der Waals surface area contributed by atoms with Crippen molar-refractivity contribution in [2.75, 3.05) is 31.3 Å². The molecule has 3 heterocycles. The van der Waals surface area contributed by atoms with Crippen molar-refractivity contribution >= 4 is 47.2 Å². The van der Waals surface area contributed by atoms with Gasteiger partial charge in [-0.15, -0.1) is 0 Å². The molecule has 1 aliphatic rings. The number of likely N-dealkylation sites (tertiary alicyclic amines) is 1. The van der Waals surface area contributed by atoms with Gasteiger partial charge in [0.05, 0.1) is 45.8 Å². The Kier molecular flexibility index (Phi) is 9.94. The Balaban J connectivity index is 1.66. The summed E-state index contributed by atoms with van der Waals surface area (Å²) in [5.74, 6) is -4.72. The van der Waals surface area contributed by atoms with Crippen molar-refractivity contribution in [3.05, 3.63) is 60.2 Å². The van der Waals surface area contributed by atoms with Gasteiger partial charge in [0, 0.05) is 30.8 Å². The average Bonchev–Trinajstić information content (AvgIpc) is 3.80. The lowest BCUT2D eigenvalue weighted by Gasteiger charge is -2.24. The van der Waals surface area contributed by atoms with Crippen LogP contribution in [0.3, 0.4) is 0 Å². The van der Waals surface area contributed by atoms with Gasteiger partial charge in [0.1, 0.15) is 35.0 Å². The van der Waals surface area contributed by atoms with Crippen molar-refractivity contribution in [1.82, 2.24) is 23.8 Å². The van der Waals surface area contributed by atoms with Crippen LogP contribution in [0, 0.1) is 11.6 Å². The molecule has 5 aromatic rings. The van der Waals surface area contributed by atoms with Gasteiger partial charge in [-0.05, 0) is 39.7 Å². The highest BCUT2D eigenvalue weighted by atomic mass is 32.2. The minimum atomic E-state index is -4.49. The number of nitrogens with one attached hydrogen (secondary N) is 1. The number of aromatic amines is 1. The number of nitrogen functional groups attached to an aromatic ring is 1. The Labute approximate surface area is 305 Å². The van der Waals surface area contributed by atoms with Crippen LogP contribution in [0.15, 0.2) is 48.5 Å². The van der Waals surface area contributed by atoms with Crippen molar-refractivity contribution in [2.45, 2.75) is 45.1 Å². The van der Waals surface area contributed by atoms with Gasteiger partial charge >= 0.3 is 20.2 Å². The van der Waals surface area contributed by atoms with E-state index in [1.165, 1.54) is 13.8 Å². The molecule has 6 rings (SSSR count). The largest absolute Gasteiger partial charge is 0.475 e. The number of aromatic nitrogens is 4. The van der Waals surface area contributed by atoms with Gasteiger partial charge in [-0.3, -0.25) is 4.90 Å². The van der Waals surface area contributed by atoms with E-state index in [4.69, 9.17) is 18.8 Å². The third kappa shape index (κ3) is 7.66. The normalized spacial score (nSPS) is 14.9. The monoisotopic (exact) mass is 794 g/mol. The standard InChI is InChI=1S/C33H36F2N6O9S3/c1-18(2)53(46,47)41-25-17-22(30(49-51(4,42)43)31(50-52(5,44)45)29(25)39-33(41)36)28-27(20-11-7-6-8-12-20)37-32(38-28)26-23(34)15-21(16-24(26)35)48-19(3)40-13-9-10-14-40/h6-8,11-12,15-19H,9-10,13-14H2,1-5H3,(H2,36,39)(H,37,38). The molecule has 0 bridgehead atoms. The number of nitrogens with zero attached hydrogens (tertiary/aromatic N) is 4. The number of nitrogens with two attached hydrogens (primary N) is 1. The highest BCUT2D eigenvalue weighted by Crippen LogP contribution is 2.48. The summed E-state index contributed by atoms with van der Waals surface area (Å²) in [7, 11) is -13.3. The molecule has 284 valence electrons. The fraction of sp³-hybridized carbons (Fsp3) is 0.333. The van der Waals surface area contributed by atoms with E-state index >= 15 is 8.78 Å². The minimum Gasteiger partial charge on any atom is -0.475 e. The lowest BCUT2D eigenvalue weighted by molar-refractivity contribution is 0.0587. The molecule has 0 aliphatic carbocycles. The summed E-state index contributed by atoms with van der Waals surface area (Å²) >= 11 is 0. The Morgan fingerprint density at radius 1 is 0.849 bits per heavy atom. The third-order valence-electron chi connectivity index (χ3n) is 8.40. The maximum Gasteiger partial charge on any atom is 0.306 e. The van der Waals surface area contributed by atoms with Crippen LogP contribution in [0.5, 0.6) is 17.2 Å². The summed E-state index contributed by atoms with van der Waals surface area (Å²) in [6.07, 6.45) is 2.85. The summed E-state index contributed by atoms with van der Waals surface area (Å²) < 4.78 is 127. The van der Waals surface area contributed by atoms with E-state index in [0.717, 1.165) is 44.1 Å². The number of benzene rings is 3. The summed E-state index contributed by atoms with van der Waals surface area (Å²) in [5.41, 5.74) is 4.50. The second kappa shape index (κ2) is 13.9. The number of hydrogen-bond acceptors (Lipinski definition) is 13. The molecule has 0 radical (unpaired) electrons. The molecule has 1 fully saturated rings. The zero-order chi connectivity index (χ0) is 38.6. The highest BCUT2D eigenvalue weighted by Gasteiger charge is 2.34. The van der Waals surface area contributed by atoms with Gasteiger partial charge in [-0.25, -0.2) is 31.1 Å². The van der Waals surface area contributed by atoms with Gasteiger partial charge in [0.2, 0.25) is 21.7 Å². The quantitative estimate of drug-likeness (QED) is 0.165. The van der Waals surface area contributed by atoms with Crippen molar-refractivity contribution in [2.24, 2.45) is 0 Å². The SMILES string of the molecule is CC(Oc1cc(F)c(-c2nc(-c3ccccc3)c(-c3cc4c(nc(N)n4S(=O)(=O)C(C)C)c(OS(C)(=O)=O)c3OS(C)(=O)=O)[nH]2)c(F)c1)N1CCCC1. The maximum atomic E-state index is 15.9. The lowest BCUT2D eigenvalue weighted by Crippen LogP contribution is -2.34. The van der Waals surface area contributed by atoms with E-state index in [0.29, 0.717) is 22.0 Å². The summed E-state index contributed by atoms with van der Waals surface area (Å²) in [5, 5.41) is -1.06. The molecule has 0 spiro atoms. The molecule has 1 unspecified atom stereocenters. The molecular formula is C33H36F2N6O9S3. The Morgan fingerprint density at radius 2 is 1.43 bits per heavy atom. The first-order chi connectivity index (χ1) is 24.7. The first kappa shape index (κ1) is 38.0. The van der Waals surface area contributed by atoms with E-state index < -0.39 is 81.9 Å². The van der Waals surface area contributed by atoms with Crippen LogP contribution < -0.4 is 18.8 Å². The number of rotatable bonds is 12. The molecule has 0 saturated carbocycles. The molecule has 3 N–H and O–H groups in total. The van der Waals surface area contributed by atoms with Crippen molar-refractivity contribution in [3.63, 3.8) is 0 Å². The first-order valence-corrected chi connectivity index (χ1v) is 21.3. The van der Waals surface area contributed by atoms with Crippen LogP contribution in [-0.4, -0.2) is 86.2 Å². The fourth-order valence-corrected chi connectivity index (χ4v) is 8.06. The Morgan fingerprint density at radius 3 is 2.00 bits per heavy atom. The van der Waals surface area contributed by atoms with Crippen molar-refractivity contribution in [3.8, 4) is 51.2 Å². The zero-order valence-electron chi connectivity index (χ0n) is 29.1. The Hall–Kier alpha value is -4.79. The second-order valence-corrected chi connectivity index (χ2v) is 18.2. The minimum absolute atomic E-state index is 0.0175. The molecule has 1 aliphatic heterocycles. The van der Waals surface area contributed by atoms with Gasteiger partial charge in [-0.1, -0.05) is 30.3 Å². The van der Waals surface area contributed by atoms with Gasteiger partial charge in [-0.2, -0.15) is 16.8 Å². The molecule has 1 saturated heterocycles. The smallest absolute Gasteiger partial charge is 0.306 e. The number of halogens is 2. The third-order valence-corrected chi connectivity index (χ3v) is 11.4. The molecular weight excluding hydrogens is 759 g/mol. The van der Waals surface area contributed by atoms with Gasteiger partial charge < -0.3 is 23.8 Å². The Bertz CT molecular complexity index is 2530. The predicted octanol–water partition coefficient (Wildman–Crippen LogP) is 4.70. The molecule has 3 aromatic carbocycles. The second-order valence-electron chi connectivity index (χ2n) is 12.8. The zero-order valence-corrected chi connectivity index (χ0v) is 31.6. The van der Waals surface area contributed by atoms with Gasteiger partial charge in [0.15, 0.2) is 5.75 Å². The number of hydrogen-bond donors (Lipinski definition) is 2. The van der Waals surface area contributed by atoms with Crippen molar-refractivity contribution < 1.29 is 47.1 Å². The van der Waals surface area contributed by atoms with Crippen LogP contribution >= 0.6 is 0 Å². The number of H-pyrrole nitrogens is 1. The highest BCUT2D eigenvalue weighted by molar-refractivity contribution is 7.90. The average molecular weight is 795 g/mol. The van der Waals surface area contributed by atoms with Crippen LogP contribution in [0.25, 0.3) is 44.9 Å². The van der Waals surface area contributed by atoms with E-state index in [1.54, 1.807) is 37.3 Å². The van der Waals surface area contributed by atoms with Crippen LogP contribution in [0.2, 0.25) is 0 Å².